The number of carbonyl (C=O) groups excluding carboxylic acids is 1. The van der Waals surface area contributed by atoms with Gasteiger partial charge in [0, 0.05) is 18.8 Å². The summed E-state index contributed by atoms with van der Waals surface area (Å²) in [6.07, 6.45) is -0.662. The molecule has 0 aliphatic carbocycles. The van der Waals surface area contributed by atoms with Crippen LogP contribution in [0.5, 0.6) is 0 Å². The lowest BCUT2D eigenvalue weighted by molar-refractivity contribution is 0.132. The predicted octanol–water partition coefficient (Wildman–Crippen LogP) is 3.68. The fraction of sp³-hybridized carbons (Fsp3) is 0.727. The number of oxime groups is 1. The number of halogens is 2. The van der Waals surface area contributed by atoms with E-state index >= 15 is 0 Å². The van der Waals surface area contributed by atoms with Crippen LogP contribution in [0.15, 0.2) is 5.16 Å². The largest absolute Gasteiger partial charge is 0.475 e. The molecule has 0 spiro atoms. The predicted molar refractivity (Wildman–Crippen MR) is 89.0 cm³/mol. The Kier molecular flexibility index (Phi) is 9.54. The third-order valence-corrected chi connectivity index (χ3v) is 4.79. The summed E-state index contributed by atoms with van der Waals surface area (Å²) in [5.74, 6) is 0.711. The number of hydrogen-bond acceptors (Lipinski definition) is 6. The van der Waals surface area contributed by atoms with Crippen LogP contribution in [-0.2, 0) is 9.57 Å². The molecule has 0 saturated carbocycles. The van der Waals surface area contributed by atoms with Gasteiger partial charge in [0.05, 0.1) is 16.2 Å². The van der Waals surface area contributed by atoms with Crippen LogP contribution < -0.4 is 0 Å². The summed E-state index contributed by atoms with van der Waals surface area (Å²) in [5, 5.41) is 3.60. The summed E-state index contributed by atoms with van der Waals surface area (Å²) in [7, 11) is 1.55. The van der Waals surface area contributed by atoms with Gasteiger partial charge in [-0.2, -0.15) is 0 Å². The van der Waals surface area contributed by atoms with Crippen molar-refractivity contribution in [3.05, 3.63) is 0 Å². The van der Waals surface area contributed by atoms with Crippen molar-refractivity contribution in [1.82, 2.24) is 4.31 Å². The molecule has 0 unspecified atom stereocenters. The maximum atomic E-state index is 11.8. The lowest BCUT2D eigenvalue weighted by Gasteiger charge is -2.27. The van der Waals surface area contributed by atoms with Crippen molar-refractivity contribution in [3.63, 3.8) is 0 Å². The van der Waals surface area contributed by atoms with Crippen molar-refractivity contribution in [1.29, 1.82) is 0 Å². The number of nitrogens with zero attached hydrogens (tertiary/aromatic N) is 2. The minimum absolute atomic E-state index is 0.117. The molecule has 116 valence electrons. The van der Waals surface area contributed by atoms with E-state index in [9.17, 15) is 4.79 Å². The number of alkyl halides is 2. The maximum Gasteiger partial charge on any atom is 0.445 e. The average Bonchev–Trinajstić information content (AvgIpc) is 2.42. The second-order valence-electron chi connectivity index (χ2n) is 4.05. The fourth-order valence-electron chi connectivity index (χ4n) is 0.919. The SMILES string of the molecule is CCOC(=NOC(=O)N(C)SC(C)(CCl)CCl)C(C)=S. The highest BCUT2D eigenvalue weighted by atomic mass is 35.5. The maximum absolute atomic E-state index is 11.8. The molecule has 0 aromatic rings. The van der Waals surface area contributed by atoms with Gasteiger partial charge in [0.25, 0.3) is 5.90 Å². The van der Waals surface area contributed by atoms with Crippen molar-refractivity contribution in [2.75, 3.05) is 25.4 Å². The molecule has 0 rings (SSSR count). The third kappa shape index (κ3) is 6.97. The molecule has 5 nitrogen and oxygen atoms in total. The molecule has 9 heteroatoms. The van der Waals surface area contributed by atoms with E-state index < -0.39 is 10.8 Å². The first-order valence-corrected chi connectivity index (χ1v) is 8.02. The van der Waals surface area contributed by atoms with E-state index in [1.807, 2.05) is 6.92 Å². The fourth-order valence-corrected chi connectivity index (χ4v) is 2.46. The molecule has 0 atom stereocenters. The zero-order valence-corrected chi connectivity index (χ0v) is 15.0. The van der Waals surface area contributed by atoms with Gasteiger partial charge in [0.1, 0.15) is 0 Å². The van der Waals surface area contributed by atoms with Crippen LogP contribution in [0.1, 0.15) is 20.8 Å². The highest BCUT2D eigenvalue weighted by Crippen LogP contribution is 2.30. The quantitative estimate of drug-likeness (QED) is 0.132. The lowest BCUT2D eigenvalue weighted by atomic mass is 10.2. The summed E-state index contributed by atoms with van der Waals surface area (Å²) >= 11 is 17.7. The second kappa shape index (κ2) is 9.65. The molecule has 0 heterocycles. The standard InChI is InChI=1S/C11H18Cl2N2O3S2/c1-5-17-9(8(2)19)14-18-10(16)15(4)20-11(3,6-12)7-13/h5-7H2,1-4H3. The molecule has 0 N–H and O–H groups in total. The Bertz CT molecular complexity index is 377. The van der Waals surface area contributed by atoms with Gasteiger partial charge < -0.3 is 4.74 Å². The first kappa shape index (κ1) is 19.8. The van der Waals surface area contributed by atoms with E-state index in [0.717, 1.165) is 0 Å². The minimum Gasteiger partial charge on any atom is -0.475 e. The molecule has 1 amide bonds. The van der Waals surface area contributed by atoms with Crippen molar-refractivity contribution >= 4 is 64.2 Å². The Hall–Kier alpha value is -0.240. The Morgan fingerprint density at radius 3 is 2.40 bits per heavy atom. The topological polar surface area (TPSA) is 51.1 Å². The summed E-state index contributed by atoms with van der Waals surface area (Å²) < 4.78 is 5.95. The third-order valence-electron chi connectivity index (χ3n) is 1.97. The molecule has 0 aromatic heterocycles. The number of rotatable bonds is 7. The second-order valence-corrected chi connectivity index (χ2v) is 6.91. The summed E-state index contributed by atoms with van der Waals surface area (Å²) in [6, 6.07) is 0. The van der Waals surface area contributed by atoms with Crippen molar-refractivity contribution in [2.45, 2.75) is 25.5 Å². The molecule has 20 heavy (non-hydrogen) atoms. The molecule has 0 bridgehead atoms. The highest BCUT2D eigenvalue weighted by molar-refractivity contribution is 7.99. The van der Waals surface area contributed by atoms with Gasteiger partial charge in [-0.3, -0.25) is 9.14 Å². The van der Waals surface area contributed by atoms with Gasteiger partial charge >= 0.3 is 6.09 Å². The summed E-state index contributed by atoms with van der Waals surface area (Å²) in [6.45, 7) is 5.64. The Morgan fingerprint density at radius 1 is 1.45 bits per heavy atom. The van der Waals surface area contributed by atoms with Crippen molar-refractivity contribution in [2.24, 2.45) is 5.16 Å². The molecule has 0 radical (unpaired) electrons. The van der Waals surface area contributed by atoms with E-state index in [0.29, 0.717) is 23.2 Å². The Balaban J connectivity index is 4.60. The van der Waals surface area contributed by atoms with Crippen LogP contribution in [0, 0.1) is 0 Å². The van der Waals surface area contributed by atoms with Gasteiger partial charge in [-0.1, -0.05) is 12.2 Å². The number of carbonyl (C=O) groups is 1. The molecule has 0 saturated heterocycles. The van der Waals surface area contributed by atoms with Crippen molar-refractivity contribution < 1.29 is 14.4 Å². The van der Waals surface area contributed by atoms with E-state index in [2.05, 4.69) is 5.16 Å². The van der Waals surface area contributed by atoms with Gasteiger partial charge in [-0.25, -0.2) is 4.79 Å². The Morgan fingerprint density at radius 2 is 2.00 bits per heavy atom. The minimum atomic E-state index is -0.662. The van der Waals surface area contributed by atoms with E-state index in [1.165, 1.54) is 16.3 Å². The van der Waals surface area contributed by atoms with Crippen LogP contribution in [0.2, 0.25) is 0 Å². The van der Waals surface area contributed by atoms with E-state index in [-0.39, 0.29) is 5.90 Å². The first-order chi connectivity index (χ1) is 9.29. The van der Waals surface area contributed by atoms with Crippen LogP contribution >= 0.6 is 47.4 Å². The normalized spacial score (nSPS) is 12.0. The lowest BCUT2D eigenvalue weighted by Crippen LogP contribution is -2.33. The number of hydrogen-bond donors (Lipinski definition) is 0. The van der Waals surface area contributed by atoms with Gasteiger partial charge in [-0.05, 0) is 37.9 Å². The summed E-state index contributed by atoms with van der Waals surface area (Å²) in [4.78, 5) is 16.9. The van der Waals surface area contributed by atoms with E-state index in [4.69, 9.17) is 45.0 Å². The van der Waals surface area contributed by atoms with Crippen LogP contribution in [-0.4, -0.2) is 51.3 Å². The first-order valence-electron chi connectivity index (χ1n) is 5.77. The highest BCUT2D eigenvalue weighted by Gasteiger charge is 2.28. The molecule has 0 aliphatic rings. The van der Waals surface area contributed by atoms with Crippen molar-refractivity contribution in [3.8, 4) is 0 Å². The molecule has 0 fully saturated rings. The zero-order valence-electron chi connectivity index (χ0n) is 11.8. The smallest absolute Gasteiger partial charge is 0.445 e. The van der Waals surface area contributed by atoms with E-state index in [1.54, 1.807) is 20.9 Å². The number of thiocarbonyl (C=S) groups is 1. The average molecular weight is 361 g/mol. The molecular weight excluding hydrogens is 343 g/mol. The molecule has 0 aromatic carbocycles. The Labute approximate surface area is 139 Å². The van der Waals surface area contributed by atoms with Gasteiger partial charge in [0.15, 0.2) is 0 Å². The monoisotopic (exact) mass is 360 g/mol. The molecule has 0 aliphatic heterocycles. The van der Waals surface area contributed by atoms with Gasteiger partial charge in [0.2, 0.25) is 0 Å². The molecular formula is C11H18Cl2N2O3S2. The van der Waals surface area contributed by atoms with Gasteiger partial charge in [-0.15, -0.1) is 23.2 Å². The zero-order chi connectivity index (χ0) is 15.8. The van der Waals surface area contributed by atoms with Crippen LogP contribution in [0.4, 0.5) is 4.79 Å². The summed E-state index contributed by atoms with van der Waals surface area (Å²) in [5.41, 5.74) is 0. The van der Waals surface area contributed by atoms with Crippen LogP contribution in [0.25, 0.3) is 0 Å². The van der Waals surface area contributed by atoms with Crippen LogP contribution in [0.3, 0.4) is 0 Å². The number of amides is 1. The number of ether oxygens (including phenoxy) is 1.